The fourth-order valence-electron chi connectivity index (χ4n) is 3.16. The number of likely N-dealkylation sites (N-methyl/N-ethyl adjacent to an activating group) is 1. The molecule has 0 aromatic carbocycles. The molecule has 2 saturated heterocycles. The summed E-state index contributed by atoms with van der Waals surface area (Å²) in [5, 5.41) is 0. The summed E-state index contributed by atoms with van der Waals surface area (Å²) in [6, 6.07) is 1.41. The molecule has 2 aliphatic rings. The molecule has 3 rings (SSSR count). The second-order valence-corrected chi connectivity index (χ2v) is 5.35. The van der Waals surface area contributed by atoms with E-state index in [1.807, 2.05) is 0 Å². The lowest BCUT2D eigenvalue weighted by Crippen LogP contribution is -2.37. The van der Waals surface area contributed by atoms with Crippen molar-refractivity contribution < 1.29 is 13.2 Å². The second-order valence-electron chi connectivity index (χ2n) is 5.35. The summed E-state index contributed by atoms with van der Waals surface area (Å²) in [5.74, 6) is -3.34. The highest BCUT2D eigenvalue weighted by molar-refractivity contribution is 5.41. The third-order valence-electron chi connectivity index (χ3n) is 4.32. The van der Waals surface area contributed by atoms with Gasteiger partial charge >= 0.3 is 0 Å². The van der Waals surface area contributed by atoms with Gasteiger partial charge in [-0.05, 0) is 26.3 Å². The SMILES string of the molecule is CN1C2CCC1CN(c1nc(F)c(F)cc1F)CC2. The average molecular weight is 271 g/mol. The molecule has 2 fully saturated rings. The number of rotatable bonds is 1. The Balaban J connectivity index is 1.89. The van der Waals surface area contributed by atoms with Gasteiger partial charge < -0.3 is 4.90 Å². The van der Waals surface area contributed by atoms with E-state index in [1.54, 1.807) is 4.90 Å². The third kappa shape index (κ3) is 2.18. The molecule has 0 aliphatic carbocycles. The average Bonchev–Trinajstić information content (AvgIpc) is 2.59. The van der Waals surface area contributed by atoms with Crippen molar-refractivity contribution in [1.82, 2.24) is 9.88 Å². The highest BCUT2D eigenvalue weighted by Gasteiger charge is 2.35. The molecule has 0 radical (unpaired) electrons. The smallest absolute Gasteiger partial charge is 0.251 e. The number of nitrogens with zero attached hydrogens (tertiary/aromatic N) is 3. The quantitative estimate of drug-likeness (QED) is 0.730. The van der Waals surface area contributed by atoms with E-state index in [1.165, 1.54) is 0 Å². The normalized spacial score (nSPS) is 27.7. The number of fused-ring (bicyclic) bond motifs is 2. The maximum absolute atomic E-state index is 13.8. The van der Waals surface area contributed by atoms with Gasteiger partial charge in [-0.25, -0.2) is 8.78 Å². The van der Waals surface area contributed by atoms with Crippen LogP contribution >= 0.6 is 0 Å². The molecule has 1 aromatic rings. The Morgan fingerprint density at radius 1 is 1.11 bits per heavy atom. The van der Waals surface area contributed by atoms with Gasteiger partial charge in [0.1, 0.15) is 0 Å². The van der Waals surface area contributed by atoms with Crippen LogP contribution in [0.25, 0.3) is 0 Å². The molecule has 104 valence electrons. The van der Waals surface area contributed by atoms with Crippen molar-refractivity contribution in [2.24, 2.45) is 0 Å². The second kappa shape index (κ2) is 4.67. The fourth-order valence-corrected chi connectivity index (χ4v) is 3.16. The van der Waals surface area contributed by atoms with Crippen molar-refractivity contribution in [2.75, 3.05) is 25.0 Å². The largest absolute Gasteiger partial charge is 0.352 e. The van der Waals surface area contributed by atoms with Crippen LogP contribution < -0.4 is 4.90 Å². The van der Waals surface area contributed by atoms with Crippen molar-refractivity contribution in [3.05, 3.63) is 23.6 Å². The molecule has 0 amide bonds. The first kappa shape index (κ1) is 12.7. The molecule has 2 bridgehead atoms. The first-order valence-corrected chi connectivity index (χ1v) is 6.54. The Kier molecular flexibility index (Phi) is 3.12. The van der Waals surface area contributed by atoms with E-state index in [-0.39, 0.29) is 5.82 Å². The Morgan fingerprint density at radius 3 is 2.63 bits per heavy atom. The van der Waals surface area contributed by atoms with Crippen molar-refractivity contribution in [1.29, 1.82) is 0 Å². The molecule has 0 N–H and O–H groups in total. The molecular formula is C13H16F3N3. The van der Waals surface area contributed by atoms with E-state index in [0.29, 0.717) is 31.2 Å². The van der Waals surface area contributed by atoms with E-state index in [9.17, 15) is 13.2 Å². The summed E-state index contributed by atoms with van der Waals surface area (Å²) < 4.78 is 39.9. The highest BCUT2D eigenvalue weighted by Crippen LogP contribution is 2.31. The van der Waals surface area contributed by atoms with Crippen LogP contribution in [0.15, 0.2) is 6.07 Å². The summed E-state index contributed by atoms with van der Waals surface area (Å²) >= 11 is 0. The minimum atomic E-state index is -1.24. The van der Waals surface area contributed by atoms with Crippen molar-refractivity contribution in [3.63, 3.8) is 0 Å². The molecule has 2 atom stereocenters. The molecular weight excluding hydrogens is 255 g/mol. The van der Waals surface area contributed by atoms with Gasteiger partial charge in [0.25, 0.3) is 5.95 Å². The lowest BCUT2D eigenvalue weighted by molar-refractivity contribution is 0.254. The van der Waals surface area contributed by atoms with Crippen LogP contribution in [0.1, 0.15) is 19.3 Å². The molecule has 3 nitrogen and oxygen atoms in total. The van der Waals surface area contributed by atoms with Crippen LogP contribution in [-0.4, -0.2) is 42.1 Å². The van der Waals surface area contributed by atoms with Crippen molar-refractivity contribution >= 4 is 5.82 Å². The number of pyridine rings is 1. The van der Waals surface area contributed by atoms with Gasteiger partial charge in [0, 0.05) is 31.2 Å². The van der Waals surface area contributed by atoms with E-state index in [0.717, 1.165) is 19.3 Å². The maximum atomic E-state index is 13.8. The number of hydrogen-bond acceptors (Lipinski definition) is 3. The van der Waals surface area contributed by atoms with Crippen molar-refractivity contribution in [3.8, 4) is 0 Å². The number of halogens is 3. The van der Waals surface area contributed by atoms with Gasteiger partial charge in [0.15, 0.2) is 17.5 Å². The Labute approximate surface area is 110 Å². The van der Waals surface area contributed by atoms with Gasteiger partial charge in [-0.1, -0.05) is 0 Å². The third-order valence-corrected chi connectivity index (χ3v) is 4.32. The maximum Gasteiger partial charge on any atom is 0.251 e. The zero-order valence-corrected chi connectivity index (χ0v) is 10.7. The monoisotopic (exact) mass is 271 g/mol. The van der Waals surface area contributed by atoms with Gasteiger partial charge in [-0.3, -0.25) is 4.90 Å². The molecule has 2 aliphatic heterocycles. The Hall–Kier alpha value is -1.30. The van der Waals surface area contributed by atoms with E-state index >= 15 is 0 Å². The number of aromatic nitrogens is 1. The van der Waals surface area contributed by atoms with Gasteiger partial charge in [0.2, 0.25) is 0 Å². The first-order chi connectivity index (χ1) is 9.06. The summed E-state index contributed by atoms with van der Waals surface area (Å²) in [7, 11) is 2.07. The molecule has 0 saturated carbocycles. The molecule has 0 spiro atoms. The molecule has 2 unspecified atom stereocenters. The fraction of sp³-hybridized carbons (Fsp3) is 0.615. The lowest BCUT2D eigenvalue weighted by Gasteiger charge is -2.26. The predicted molar refractivity (Wildman–Crippen MR) is 65.5 cm³/mol. The Bertz CT molecular complexity index is 494. The highest BCUT2D eigenvalue weighted by atomic mass is 19.2. The first-order valence-electron chi connectivity index (χ1n) is 6.54. The molecule has 1 aromatic heterocycles. The van der Waals surface area contributed by atoms with Gasteiger partial charge in [0.05, 0.1) is 0 Å². The zero-order chi connectivity index (χ0) is 13.6. The number of anilines is 1. The van der Waals surface area contributed by atoms with E-state index < -0.39 is 17.6 Å². The number of hydrogen-bond donors (Lipinski definition) is 0. The minimum Gasteiger partial charge on any atom is -0.352 e. The Morgan fingerprint density at radius 2 is 1.84 bits per heavy atom. The summed E-state index contributed by atoms with van der Waals surface area (Å²) in [6.07, 6.45) is 3.11. The van der Waals surface area contributed by atoms with Crippen LogP contribution in [0.5, 0.6) is 0 Å². The standard InChI is InChI=1S/C13H16F3N3/c1-18-8-2-3-9(18)7-19(5-4-8)13-11(15)6-10(14)12(16)17-13/h6,8-9H,2-5,7H2,1H3. The van der Waals surface area contributed by atoms with Crippen LogP contribution in [0.3, 0.4) is 0 Å². The zero-order valence-electron chi connectivity index (χ0n) is 10.7. The summed E-state index contributed by atoms with van der Waals surface area (Å²) in [5.41, 5.74) is 0. The van der Waals surface area contributed by atoms with Gasteiger partial charge in [-0.15, -0.1) is 0 Å². The predicted octanol–water partition coefficient (Wildman–Crippen LogP) is 2.17. The molecule has 3 heterocycles. The van der Waals surface area contributed by atoms with Crippen molar-refractivity contribution in [2.45, 2.75) is 31.3 Å². The van der Waals surface area contributed by atoms with Gasteiger partial charge in [-0.2, -0.15) is 9.37 Å². The minimum absolute atomic E-state index is 0.0696. The van der Waals surface area contributed by atoms with Crippen LogP contribution in [0, 0.1) is 17.6 Å². The van der Waals surface area contributed by atoms with Crippen LogP contribution in [0.4, 0.5) is 19.0 Å². The summed E-state index contributed by atoms with van der Waals surface area (Å²) in [6.45, 7) is 1.24. The topological polar surface area (TPSA) is 19.4 Å². The molecule has 6 heteroatoms. The van der Waals surface area contributed by atoms with Crippen LogP contribution in [-0.2, 0) is 0 Å². The van der Waals surface area contributed by atoms with E-state index in [2.05, 4.69) is 16.9 Å². The molecule has 19 heavy (non-hydrogen) atoms. The lowest BCUT2D eigenvalue weighted by atomic mass is 10.1. The van der Waals surface area contributed by atoms with Crippen LogP contribution in [0.2, 0.25) is 0 Å². The van der Waals surface area contributed by atoms with E-state index in [4.69, 9.17) is 0 Å². The summed E-state index contributed by atoms with van der Waals surface area (Å²) in [4.78, 5) is 7.47.